The van der Waals surface area contributed by atoms with Crippen LogP contribution in [0.5, 0.6) is 5.75 Å². The second kappa shape index (κ2) is 10.6. The standard InChI is InChI=1S/C24H18ClF5N4O2/c1-3-6-20(21(25)13(2)31)36-19-10-9-14(11-17(19)27)33-23(35)15-12-32-34(22(15)24(28,29)30)18-8-5-4-7-16(18)26/h3-12H,1,31H2,2H3,(H,33,35)/b20-6+,21-13-. The van der Waals surface area contributed by atoms with Crippen LogP contribution in [0.3, 0.4) is 0 Å². The van der Waals surface area contributed by atoms with Crippen LogP contribution in [0, 0.1) is 11.6 Å². The molecule has 0 spiro atoms. The summed E-state index contributed by atoms with van der Waals surface area (Å²) < 4.78 is 75.9. The molecule has 0 atom stereocenters. The Balaban J connectivity index is 1.91. The van der Waals surface area contributed by atoms with E-state index in [9.17, 15) is 26.7 Å². The van der Waals surface area contributed by atoms with Crippen molar-refractivity contribution in [1.82, 2.24) is 9.78 Å². The second-order valence-electron chi connectivity index (χ2n) is 7.23. The van der Waals surface area contributed by atoms with Gasteiger partial charge in [-0.2, -0.15) is 18.3 Å². The quantitative estimate of drug-likeness (QED) is 0.216. The summed E-state index contributed by atoms with van der Waals surface area (Å²) in [4.78, 5) is 12.7. The molecule has 3 N–H and O–H groups in total. The van der Waals surface area contributed by atoms with E-state index >= 15 is 0 Å². The zero-order valence-electron chi connectivity index (χ0n) is 18.5. The second-order valence-corrected chi connectivity index (χ2v) is 7.61. The molecule has 0 aliphatic carbocycles. The third kappa shape index (κ3) is 5.74. The molecule has 0 unspecified atom stereocenters. The van der Waals surface area contributed by atoms with Gasteiger partial charge in [-0.15, -0.1) is 0 Å². The number of hydrogen-bond acceptors (Lipinski definition) is 4. The number of amides is 1. The zero-order valence-corrected chi connectivity index (χ0v) is 19.3. The fourth-order valence-electron chi connectivity index (χ4n) is 3.03. The van der Waals surface area contributed by atoms with Crippen molar-refractivity contribution in [3.05, 3.63) is 107 Å². The molecule has 1 heterocycles. The molecule has 0 fully saturated rings. The summed E-state index contributed by atoms with van der Waals surface area (Å²) in [6, 6.07) is 7.81. The van der Waals surface area contributed by atoms with Crippen molar-refractivity contribution >= 4 is 23.2 Å². The van der Waals surface area contributed by atoms with Gasteiger partial charge in [0.25, 0.3) is 5.91 Å². The number of anilines is 1. The number of ether oxygens (including phenoxy) is 1. The van der Waals surface area contributed by atoms with Crippen LogP contribution in [0.1, 0.15) is 23.0 Å². The highest BCUT2D eigenvalue weighted by atomic mass is 35.5. The maximum Gasteiger partial charge on any atom is 0.434 e. The van der Waals surface area contributed by atoms with Crippen LogP contribution in [0.2, 0.25) is 0 Å². The lowest BCUT2D eigenvalue weighted by molar-refractivity contribution is -0.143. The number of benzene rings is 2. The van der Waals surface area contributed by atoms with Gasteiger partial charge in [0.15, 0.2) is 17.3 Å². The Hall–Kier alpha value is -4.12. The van der Waals surface area contributed by atoms with Crippen LogP contribution in [0.4, 0.5) is 27.6 Å². The van der Waals surface area contributed by atoms with Crippen LogP contribution in [-0.4, -0.2) is 15.7 Å². The number of carbonyl (C=O) groups excluding carboxylic acids is 1. The number of hydrogen-bond donors (Lipinski definition) is 2. The summed E-state index contributed by atoms with van der Waals surface area (Å²) in [5.41, 5.74) is 2.76. The Kier molecular flexibility index (Phi) is 7.83. The van der Waals surface area contributed by atoms with Crippen molar-refractivity contribution in [3.8, 4) is 11.4 Å². The maximum absolute atomic E-state index is 14.6. The van der Waals surface area contributed by atoms with Crippen molar-refractivity contribution < 1.29 is 31.5 Å². The molecule has 0 saturated carbocycles. The number of carbonyl (C=O) groups is 1. The van der Waals surface area contributed by atoms with E-state index in [-0.39, 0.29) is 32.6 Å². The third-order valence-electron chi connectivity index (χ3n) is 4.60. The Morgan fingerprint density at radius 1 is 1.19 bits per heavy atom. The summed E-state index contributed by atoms with van der Waals surface area (Å²) >= 11 is 6.05. The molecule has 3 rings (SSSR count). The van der Waals surface area contributed by atoms with Crippen molar-refractivity contribution in [2.24, 2.45) is 5.73 Å². The van der Waals surface area contributed by atoms with Gasteiger partial charge < -0.3 is 15.8 Å². The molecule has 0 radical (unpaired) electrons. The molecule has 188 valence electrons. The van der Waals surface area contributed by atoms with Gasteiger partial charge in [-0.05, 0) is 37.3 Å². The van der Waals surface area contributed by atoms with Crippen LogP contribution >= 0.6 is 11.6 Å². The number of aromatic nitrogens is 2. The van der Waals surface area contributed by atoms with E-state index in [4.69, 9.17) is 22.1 Å². The predicted molar refractivity (Wildman–Crippen MR) is 125 cm³/mol. The summed E-state index contributed by atoms with van der Waals surface area (Å²) in [7, 11) is 0. The minimum absolute atomic E-state index is 0.00210. The first kappa shape index (κ1) is 26.5. The predicted octanol–water partition coefficient (Wildman–Crippen LogP) is 6.30. The van der Waals surface area contributed by atoms with Gasteiger partial charge in [0, 0.05) is 17.5 Å². The van der Waals surface area contributed by atoms with Crippen molar-refractivity contribution in [1.29, 1.82) is 0 Å². The smallest absolute Gasteiger partial charge is 0.434 e. The molecule has 1 amide bonds. The molecule has 36 heavy (non-hydrogen) atoms. The molecule has 0 aliphatic heterocycles. The van der Waals surface area contributed by atoms with Crippen molar-refractivity contribution in [3.63, 3.8) is 0 Å². The van der Waals surface area contributed by atoms with Gasteiger partial charge >= 0.3 is 6.18 Å². The Bertz CT molecular complexity index is 1380. The molecule has 1 aromatic heterocycles. The molecule has 6 nitrogen and oxygen atoms in total. The molecule has 3 aromatic rings. The molecular weight excluding hydrogens is 507 g/mol. The monoisotopic (exact) mass is 524 g/mol. The van der Waals surface area contributed by atoms with Gasteiger partial charge in [0.1, 0.15) is 22.3 Å². The number of rotatable bonds is 7. The molecule has 0 aliphatic rings. The maximum atomic E-state index is 14.6. The van der Waals surface area contributed by atoms with Crippen LogP contribution in [0.25, 0.3) is 5.69 Å². The van der Waals surface area contributed by atoms with E-state index in [1.807, 2.05) is 0 Å². The lowest BCUT2D eigenvalue weighted by Gasteiger charge is -2.14. The highest BCUT2D eigenvalue weighted by Gasteiger charge is 2.41. The minimum atomic E-state index is -5.06. The lowest BCUT2D eigenvalue weighted by Crippen LogP contribution is -2.21. The average molecular weight is 525 g/mol. The first-order valence-electron chi connectivity index (χ1n) is 10.1. The molecule has 12 heteroatoms. The fourth-order valence-corrected chi connectivity index (χ4v) is 3.13. The number of alkyl halides is 3. The van der Waals surface area contributed by atoms with E-state index in [0.29, 0.717) is 6.20 Å². The molecule has 0 saturated heterocycles. The Labute approximate surface area is 207 Å². The van der Waals surface area contributed by atoms with Gasteiger partial charge in [-0.1, -0.05) is 36.4 Å². The summed E-state index contributed by atoms with van der Waals surface area (Å²) in [6.45, 7) is 5.01. The normalized spacial score (nSPS) is 12.7. The largest absolute Gasteiger partial charge is 0.453 e. The number of nitrogens with two attached hydrogens (primary N) is 1. The number of halogens is 6. The molecule has 0 bridgehead atoms. The number of nitrogens with one attached hydrogen (secondary N) is 1. The van der Waals surface area contributed by atoms with Gasteiger partial charge in [-0.3, -0.25) is 4.79 Å². The van der Waals surface area contributed by atoms with E-state index < -0.39 is 40.7 Å². The first-order chi connectivity index (χ1) is 16.9. The summed E-state index contributed by atoms with van der Waals surface area (Å²) in [5, 5.41) is 5.73. The van der Waals surface area contributed by atoms with Gasteiger partial charge in [0.2, 0.25) is 0 Å². The topological polar surface area (TPSA) is 82.2 Å². The van der Waals surface area contributed by atoms with Crippen molar-refractivity contribution in [2.75, 3.05) is 5.32 Å². The van der Waals surface area contributed by atoms with E-state index in [1.165, 1.54) is 37.3 Å². The van der Waals surface area contributed by atoms with Crippen LogP contribution < -0.4 is 15.8 Å². The van der Waals surface area contributed by atoms with E-state index in [0.717, 1.165) is 24.3 Å². The van der Waals surface area contributed by atoms with E-state index in [1.54, 1.807) is 0 Å². The molecular formula is C24H18ClF5N4O2. The van der Waals surface area contributed by atoms with E-state index in [2.05, 4.69) is 17.0 Å². The Morgan fingerprint density at radius 3 is 2.47 bits per heavy atom. The third-order valence-corrected chi connectivity index (χ3v) is 5.09. The Morgan fingerprint density at radius 2 is 1.89 bits per heavy atom. The highest BCUT2D eigenvalue weighted by Crippen LogP contribution is 2.35. The number of allylic oxidation sites excluding steroid dienone is 4. The van der Waals surface area contributed by atoms with Gasteiger partial charge in [-0.25, -0.2) is 13.5 Å². The van der Waals surface area contributed by atoms with Crippen molar-refractivity contribution in [2.45, 2.75) is 13.1 Å². The number of para-hydroxylation sites is 1. The number of nitrogens with zero attached hydrogens (tertiary/aromatic N) is 2. The lowest BCUT2D eigenvalue weighted by atomic mass is 10.2. The minimum Gasteiger partial charge on any atom is -0.453 e. The first-order valence-corrected chi connectivity index (χ1v) is 10.5. The summed E-state index contributed by atoms with van der Waals surface area (Å²) in [6.07, 6.45) is -1.73. The van der Waals surface area contributed by atoms with Crippen LogP contribution in [-0.2, 0) is 6.18 Å². The van der Waals surface area contributed by atoms with Gasteiger partial charge in [0.05, 0.1) is 11.8 Å². The zero-order chi connectivity index (χ0) is 26.6. The highest BCUT2D eigenvalue weighted by molar-refractivity contribution is 6.32. The molecule has 2 aromatic carbocycles. The fraction of sp³-hybridized carbons (Fsp3) is 0.0833. The summed E-state index contributed by atoms with van der Waals surface area (Å²) in [5.74, 6) is -3.48. The van der Waals surface area contributed by atoms with Crippen LogP contribution in [0.15, 0.2) is 83.9 Å². The SMILES string of the molecule is C=C/C=C(Oc1ccc(NC(=O)c2cnn(-c3ccccc3F)c2C(F)(F)F)cc1F)\C(Cl)=C(/C)N. The average Bonchev–Trinajstić information content (AvgIpc) is 3.26.